The van der Waals surface area contributed by atoms with E-state index in [4.69, 9.17) is 9.05 Å². The maximum absolute atomic E-state index is 11.8. The highest BCUT2D eigenvalue weighted by Gasteiger charge is 2.20. The van der Waals surface area contributed by atoms with E-state index in [9.17, 15) is 9.36 Å². The highest BCUT2D eigenvalue weighted by Crippen LogP contribution is 2.50. The van der Waals surface area contributed by atoms with Crippen molar-refractivity contribution in [1.82, 2.24) is 0 Å². The SMILES string of the molecule is COP(=O)(CSc1ccc(NC=O)cc1)OC. The first-order valence-corrected chi connectivity index (χ1v) is 7.48. The summed E-state index contributed by atoms with van der Waals surface area (Å²) in [5.74, 6) is 0. The van der Waals surface area contributed by atoms with Crippen LogP contribution in [0.4, 0.5) is 5.69 Å². The highest BCUT2D eigenvalue weighted by atomic mass is 32.2. The minimum atomic E-state index is -2.98. The second-order valence-corrected chi connectivity index (χ2v) is 6.78. The maximum Gasteiger partial charge on any atom is 0.340 e. The predicted molar refractivity (Wildman–Crippen MR) is 68.5 cm³/mol. The van der Waals surface area contributed by atoms with E-state index in [-0.39, 0.29) is 5.49 Å². The van der Waals surface area contributed by atoms with E-state index in [2.05, 4.69) is 5.32 Å². The van der Waals surface area contributed by atoms with Crippen LogP contribution in [0.5, 0.6) is 0 Å². The number of carbonyl (C=O) groups excluding carboxylic acids is 1. The lowest BCUT2D eigenvalue weighted by atomic mass is 10.3. The van der Waals surface area contributed by atoms with Crippen molar-refractivity contribution >= 4 is 31.5 Å². The van der Waals surface area contributed by atoms with E-state index in [0.717, 1.165) is 4.90 Å². The number of benzene rings is 1. The van der Waals surface area contributed by atoms with Crippen molar-refractivity contribution in [2.24, 2.45) is 0 Å². The third-order valence-electron chi connectivity index (χ3n) is 2.03. The molecule has 0 unspecified atom stereocenters. The van der Waals surface area contributed by atoms with Gasteiger partial charge in [0, 0.05) is 24.8 Å². The van der Waals surface area contributed by atoms with Crippen LogP contribution in [0.2, 0.25) is 0 Å². The summed E-state index contributed by atoms with van der Waals surface area (Å²) in [6.07, 6.45) is 0.617. The Morgan fingerprint density at radius 3 is 2.35 bits per heavy atom. The molecule has 7 heteroatoms. The molecule has 0 fully saturated rings. The molecule has 0 heterocycles. The van der Waals surface area contributed by atoms with Gasteiger partial charge in [-0.3, -0.25) is 9.36 Å². The highest BCUT2D eigenvalue weighted by molar-refractivity contribution is 8.04. The van der Waals surface area contributed by atoms with Crippen molar-refractivity contribution in [3.8, 4) is 0 Å². The number of amides is 1. The van der Waals surface area contributed by atoms with Gasteiger partial charge in [0.25, 0.3) is 0 Å². The number of hydrogen-bond acceptors (Lipinski definition) is 5. The zero-order valence-corrected chi connectivity index (χ0v) is 11.3. The van der Waals surface area contributed by atoms with E-state index in [1.54, 1.807) is 12.1 Å². The Kier molecular flexibility index (Phi) is 5.71. The Morgan fingerprint density at radius 2 is 1.88 bits per heavy atom. The van der Waals surface area contributed by atoms with Gasteiger partial charge in [0.2, 0.25) is 6.41 Å². The van der Waals surface area contributed by atoms with E-state index >= 15 is 0 Å². The van der Waals surface area contributed by atoms with Gasteiger partial charge < -0.3 is 14.4 Å². The van der Waals surface area contributed by atoms with Gasteiger partial charge in [0.1, 0.15) is 5.49 Å². The van der Waals surface area contributed by atoms with Gasteiger partial charge in [-0.25, -0.2) is 0 Å². The van der Waals surface area contributed by atoms with E-state index < -0.39 is 7.60 Å². The van der Waals surface area contributed by atoms with Crippen molar-refractivity contribution in [1.29, 1.82) is 0 Å². The fourth-order valence-electron chi connectivity index (χ4n) is 1.05. The largest absolute Gasteiger partial charge is 0.340 e. The average molecular weight is 275 g/mol. The molecular formula is C10H14NO4PS. The lowest BCUT2D eigenvalue weighted by Crippen LogP contribution is -1.93. The van der Waals surface area contributed by atoms with E-state index in [0.29, 0.717) is 12.1 Å². The van der Waals surface area contributed by atoms with Crippen LogP contribution in [0.3, 0.4) is 0 Å². The first-order valence-electron chi connectivity index (χ1n) is 4.77. The quantitative estimate of drug-likeness (QED) is 0.471. The van der Waals surface area contributed by atoms with Crippen LogP contribution >= 0.6 is 19.4 Å². The molecule has 17 heavy (non-hydrogen) atoms. The molecule has 0 aliphatic carbocycles. The minimum Gasteiger partial charge on any atom is -0.329 e. The Hall–Kier alpha value is -0.810. The van der Waals surface area contributed by atoms with Crippen LogP contribution in [0.25, 0.3) is 0 Å². The molecule has 0 atom stereocenters. The zero-order chi connectivity index (χ0) is 12.7. The molecule has 94 valence electrons. The van der Waals surface area contributed by atoms with Crippen LogP contribution in [-0.2, 0) is 18.4 Å². The Morgan fingerprint density at radius 1 is 1.29 bits per heavy atom. The number of rotatable bonds is 7. The van der Waals surface area contributed by atoms with Crippen LogP contribution in [0.15, 0.2) is 29.2 Å². The summed E-state index contributed by atoms with van der Waals surface area (Å²) in [6.45, 7) is 0. The first-order chi connectivity index (χ1) is 8.13. The van der Waals surface area contributed by atoms with Crippen LogP contribution in [0, 0.1) is 0 Å². The van der Waals surface area contributed by atoms with Gasteiger partial charge >= 0.3 is 7.60 Å². The normalized spacial score (nSPS) is 11.2. The molecule has 0 saturated carbocycles. The molecule has 1 N–H and O–H groups in total. The summed E-state index contributed by atoms with van der Waals surface area (Å²) in [6, 6.07) is 7.18. The minimum absolute atomic E-state index is 0.250. The van der Waals surface area contributed by atoms with Crippen LogP contribution < -0.4 is 5.32 Å². The van der Waals surface area contributed by atoms with Crippen molar-refractivity contribution in [3.05, 3.63) is 24.3 Å². The van der Waals surface area contributed by atoms with Crippen molar-refractivity contribution < 1.29 is 18.4 Å². The molecular weight excluding hydrogens is 261 g/mol. The molecule has 0 spiro atoms. The Bertz CT molecular complexity index is 401. The molecule has 0 radical (unpaired) electrons. The van der Waals surface area contributed by atoms with Gasteiger partial charge in [-0.05, 0) is 24.3 Å². The number of hydrogen-bond donors (Lipinski definition) is 1. The molecule has 0 aliphatic rings. The fourth-order valence-corrected chi connectivity index (χ4v) is 3.60. The smallest absolute Gasteiger partial charge is 0.329 e. The van der Waals surface area contributed by atoms with Gasteiger partial charge in [0.05, 0.1) is 0 Å². The van der Waals surface area contributed by atoms with Gasteiger partial charge in [0.15, 0.2) is 0 Å². The van der Waals surface area contributed by atoms with Gasteiger partial charge in [-0.15, -0.1) is 11.8 Å². The molecule has 1 rings (SSSR count). The first kappa shape index (κ1) is 14.3. The molecule has 5 nitrogen and oxygen atoms in total. The predicted octanol–water partition coefficient (Wildman–Crippen LogP) is 2.79. The standard InChI is InChI=1S/C10H14NO4PS/c1-14-16(13,15-2)8-17-10-5-3-9(4-6-10)11-7-12/h3-7H,8H2,1-2H3,(H,11,12). The van der Waals surface area contributed by atoms with Crippen molar-refractivity contribution in [3.63, 3.8) is 0 Å². The lowest BCUT2D eigenvalue weighted by molar-refractivity contribution is -0.105. The van der Waals surface area contributed by atoms with Crippen molar-refractivity contribution in [2.75, 3.05) is 25.0 Å². The Balaban J connectivity index is 2.58. The maximum atomic E-state index is 11.8. The third-order valence-corrected chi connectivity index (χ3v) is 5.53. The summed E-state index contributed by atoms with van der Waals surface area (Å²) < 4.78 is 21.4. The summed E-state index contributed by atoms with van der Waals surface area (Å²) >= 11 is 1.37. The number of thioether (sulfide) groups is 1. The van der Waals surface area contributed by atoms with Gasteiger partial charge in [-0.1, -0.05) is 0 Å². The summed E-state index contributed by atoms with van der Waals surface area (Å²) in [4.78, 5) is 11.1. The average Bonchev–Trinajstić information content (AvgIpc) is 2.38. The molecule has 0 aromatic heterocycles. The lowest BCUT2D eigenvalue weighted by Gasteiger charge is -2.12. The van der Waals surface area contributed by atoms with Gasteiger partial charge in [-0.2, -0.15) is 0 Å². The second-order valence-electron chi connectivity index (χ2n) is 3.04. The molecule has 0 saturated heterocycles. The molecule has 0 bridgehead atoms. The third kappa shape index (κ3) is 4.52. The number of nitrogens with one attached hydrogen (secondary N) is 1. The molecule has 1 aromatic carbocycles. The monoisotopic (exact) mass is 275 g/mol. The zero-order valence-electron chi connectivity index (χ0n) is 9.58. The summed E-state index contributed by atoms with van der Waals surface area (Å²) in [5.41, 5.74) is 0.964. The molecule has 1 aromatic rings. The number of carbonyl (C=O) groups is 1. The van der Waals surface area contributed by atoms with E-state index in [1.807, 2.05) is 12.1 Å². The number of anilines is 1. The van der Waals surface area contributed by atoms with E-state index in [1.165, 1.54) is 26.0 Å². The van der Waals surface area contributed by atoms with Crippen LogP contribution in [-0.4, -0.2) is 26.1 Å². The fraction of sp³-hybridized carbons (Fsp3) is 0.300. The van der Waals surface area contributed by atoms with Crippen molar-refractivity contribution in [2.45, 2.75) is 4.90 Å². The Labute approximate surface area is 104 Å². The summed E-state index contributed by atoms with van der Waals surface area (Å²) in [7, 11) is -0.254. The topological polar surface area (TPSA) is 64.6 Å². The second kappa shape index (κ2) is 6.81. The molecule has 0 aliphatic heterocycles. The molecule has 1 amide bonds. The van der Waals surface area contributed by atoms with Crippen LogP contribution in [0.1, 0.15) is 0 Å². The summed E-state index contributed by atoms with van der Waals surface area (Å²) in [5, 5.41) is 2.54.